The van der Waals surface area contributed by atoms with Crippen molar-refractivity contribution >= 4 is 23.5 Å². The van der Waals surface area contributed by atoms with Gasteiger partial charge in [-0.15, -0.1) is 0 Å². The van der Waals surface area contributed by atoms with Crippen molar-refractivity contribution in [1.29, 1.82) is 0 Å². The summed E-state index contributed by atoms with van der Waals surface area (Å²) in [5.74, 6) is -1.46. The minimum atomic E-state index is -0.888. The van der Waals surface area contributed by atoms with Crippen molar-refractivity contribution < 1.29 is 23.5 Å². The van der Waals surface area contributed by atoms with E-state index in [9.17, 15) is 14.0 Å². The number of nitrogens with one attached hydrogen (secondary N) is 1. The number of rotatable bonds is 7. The first-order valence-corrected chi connectivity index (χ1v) is 7.51. The van der Waals surface area contributed by atoms with Gasteiger partial charge in [-0.3, -0.25) is 4.79 Å². The Morgan fingerprint density at radius 1 is 1.08 bits per heavy atom. The third kappa shape index (κ3) is 5.55. The molecule has 0 aliphatic carbocycles. The monoisotopic (exact) mass is 351 g/mol. The quantitative estimate of drug-likeness (QED) is 0.615. The van der Waals surface area contributed by atoms with E-state index in [4.69, 9.17) is 21.1 Å². The third-order valence-corrected chi connectivity index (χ3v) is 3.19. The minimum Gasteiger partial charge on any atom is -0.492 e. The summed E-state index contributed by atoms with van der Waals surface area (Å²) in [4.78, 5) is 23.2. The highest BCUT2D eigenvalue weighted by atomic mass is 35.5. The fourth-order valence-corrected chi connectivity index (χ4v) is 1.90. The van der Waals surface area contributed by atoms with Gasteiger partial charge in [0.15, 0.2) is 6.61 Å². The number of halogens is 2. The first-order chi connectivity index (χ1) is 11.6. The van der Waals surface area contributed by atoms with Gasteiger partial charge in [-0.25, -0.2) is 9.18 Å². The minimum absolute atomic E-state index is 0.212. The molecule has 0 heterocycles. The van der Waals surface area contributed by atoms with Crippen LogP contribution in [0.3, 0.4) is 0 Å². The van der Waals surface area contributed by atoms with Gasteiger partial charge in [-0.2, -0.15) is 0 Å². The van der Waals surface area contributed by atoms with Crippen LogP contribution in [0.2, 0.25) is 5.02 Å². The van der Waals surface area contributed by atoms with Crippen molar-refractivity contribution in [2.45, 2.75) is 0 Å². The number of carbonyl (C=O) groups is 2. The van der Waals surface area contributed by atoms with Gasteiger partial charge < -0.3 is 14.8 Å². The van der Waals surface area contributed by atoms with E-state index in [1.54, 1.807) is 24.3 Å². The van der Waals surface area contributed by atoms with Gasteiger partial charge in [0.2, 0.25) is 0 Å². The lowest BCUT2D eigenvalue weighted by Gasteiger charge is -2.08. The van der Waals surface area contributed by atoms with Crippen molar-refractivity contribution in [1.82, 2.24) is 5.32 Å². The number of esters is 1. The summed E-state index contributed by atoms with van der Waals surface area (Å²) >= 11 is 5.75. The summed E-state index contributed by atoms with van der Waals surface area (Å²) in [5, 5.41) is 3.13. The van der Waals surface area contributed by atoms with Crippen LogP contribution in [0.15, 0.2) is 48.5 Å². The fourth-order valence-electron chi connectivity index (χ4n) is 1.78. The SMILES string of the molecule is O=C(COC(=O)c1ccccc1F)NCCOc1ccc(Cl)cc1. The van der Waals surface area contributed by atoms with Crippen LogP contribution in [0, 0.1) is 5.82 Å². The number of hydrogen-bond donors (Lipinski definition) is 1. The second-order valence-corrected chi connectivity index (χ2v) is 5.14. The molecule has 0 aliphatic rings. The predicted octanol–water partition coefficient (Wildman–Crippen LogP) is 2.83. The Balaban J connectivity index is 1.65. The Bertz CT molecular complexity index is 706. The van der Waals surface area contributed by atoms with E-state index in [1.165, 1.54) is 18.2 Å². The molecule has 0 fully saturated rings. The summed E-state index contributed by atoms with van der Waals surface area (Å²) in [6, 6.07) is 12.2. The number of amides is 1. The molecule has 0 aliphatic heterocycles. The second kappa shape index (κ2) is 8.88. The van der Waals surface area contributed by atoms with Gasteiger partial charge >= 0.3 is 5.97 Å². The van der Waals surface area contributed by atoms with E-state index in [-0.39, 0.29) is 18.7 Å². The number of ether oxygens (including phenoxy) is 2. The maximum absolute atomic E-state index is 13.4. The second-order valence-electron chi connectivity index (χ2n) is 4.71. The van der Waals surface area contributed by atoms with Gasteiger partial charge in [0.25, 0.3) is 5.91 Å². The molecule has 2 aromatic carbocycles. The van der Waals surface area contributed by atoms with Gasteiger partial charge in [0.1, 0.15) is 18.2 Å². The van der Waals surface area contributed by atoms with Gasteiger partial charge in [-0.1, -0.05) is 23.7 Å². The van der Waals surface area contributed by atoms with E-state index in [2.05, 4.69) is 5.32 Å². The topological polar surface area (TPSA) is 64.6 Å². The average Bonchev–Trinajstić information content (AvgIpc) is 2.58. The molecular weight excluding hydrogens is 337 g/mol. The molecule has 7 heteroatoms. The highest BCUT2D eigenvalue weighted by molar-refractivity contribution is 6.30. The zero-order valence-electron chi connectivity index (χ0n) is 12.6. The zero-order chi connectivity index (χ0) is 17.4. The van der Waals surface area contributed by atoms with Crippen molar-refractivity contribution in [2.24, 2.45) is 0 Å². The number of benzene rings is 2. The average molecular weight is 352 g/mol. The highest BCUT2D eigenvalue weighted by Crippen LogP contribution is 2.15. The van der Waals surface area contributed by atoms with Crippen LogP contribution in [0.4, 0.5) is 4.39 Å². The Labute approximate surface area is 143 Å². The molecule has 0 spiro atoms. The molecule has 1 amide bonds. The molecule has 126 valence electrons. The molecule has 2 rings (SSSR count). The van der Waals surface area contributed by atoms with Crippen LogP contribution in [0.5, 0.6) is 5.75 Å². The third-order valence-electron chi connectivity index (χ3n) is 2.93. The largest absolute Gasteiger partial charge is 0.492 e. The Hall–Kier alpha value is -2.60. The van der Waals surface area contributed by atoms with E-state index in [1.807, 2.05) is 0 Å². The fraction of sp³-hybridized carbons (Fsp3) is 0.176. The smallest absolute Gasteiger partial charge is 0.341 e. The molecule has 0 radical (unpaired) electrons. The molecule has 0 saturated heterocycles. The van der Waals surface area contributed by atoms with E-state index in [0.29, 0.717) is 10.8 Å². The number of hydrogen-bond acceptors (Lipinski definition) is 4. The van der Waals surface area contributed by atoms with Crippen molar-refractivity contribution in [3.63, 3.8) is 0 Å². The zero-order valence-corrected chi connectivity index (χ0v) is 13.4. The highest BCUT2D eigenvalue weighted by Gasteiger charge is 2.13. The summed E-state index contributed by atoms with van der Waals surface area (Å²) < 4.78 is 23.5. The molecule has 0 unspecified atom stereocenters. The molecule has 5 nitrogen and oxygen atoms in total. The Morgan fingerprint density at radius 2 is 1.79 bits per heavy atom. The molecule has 0 bridgehead atoms. The molecule has 1 N–H and O–H groups in total. The molecule has 0 aromatic heterocycles. The first-order valence-electron chi connectivity index (χ1n) is 7.13. The lowest BCUT2D eigenvalue weighted by atomic mass is 10.2. The molecule has 2 aromatic rings. The Kier molecular flexibility index (Phi) is 6.57. The summed E-state index contributed by atoms with van der Waals surface area (Å²) in [7, 11) is 0. The van der Waals surface area contributed by atoms with Gasteiger partial charge in [0, 0.05) is 5.02 Å². The molecule has 0 saturated carbocycles. The first kappa shape index (κ1) is 17.7. The molecule has 0 atom stereocenters. The van der Waals surface area contributed by atoms with E-state index >= 15 is 0 Å². The van der Waals surface area contributed by atoms with Crippen molar-refractivity contribution in [2.75, 3.05) is 19.8 Å². The summed E-state index contributed by atoms with van der Waals surface area (Å²) in [6.45, 7) is -0.0124. The normalized spacial score (nSPS) is 10.1. The van der Waals surface area contributed by atoms with Crippen LogP contribution in [0.25, 0.3) is 0 Å². The summed E-state index contributed by atoms with van der Waals surface area (Å²) in [6.07, 6.45) is 0. The van der Waals surface area contributed by atoms with Gasteiger partial charge in [-0.05, 0) is 36.4 Å². The maximum Gasteiger partial charge on any atom is 0.341 e. The maximum atomic E-state index is 13.4. The van der Waals surface area contributed by atoms with Crippen LogP contribution in [0.1, 0.15) is 10.4 Å². The van der Waals surface area contributed by atoms with Crippen molar-refractivity contribution in [3.8, 4) is 5.75 Å². The summed E-state index contributed by atoms with van der Waals surface area (Å²) in [5.41, 5.74) is -0.212. The molecular formula is C17H15ClFNO4. The van der Waals surface area contributed by atoms with Crippen LogP contribution in [-0.2, 0) is 9.53 Å². The number of carbonyl (C=O) groups excluding carboxylic acids is 2. The van der Waals surface area contributed by atoms with Crippen molar-refractivity contribution in [3.05, 3.63) is 64.9 Å². The van der Waals surface area contributed by atoms with Gasteiger partial charge in [0.05, 0.1) is 12.1 Å². The lowest BCUT2D eigenvalue weighted by Crippen LogP contribution is -2.32. The molecule has 24 heavy (non-hydrogen) atoms. The standard InChI is InChI=1S/C17H15ClFNO4/c18-12-5-7-13(8-6-12)23-10-9-20-16(21)11-24-17(22)14-3-1-2-4-15(14)19/h1-8H,9-11H2,(H,20,21). The Morgan fingerprint density at radius 3 is 2.50 bits per heavy atom. The van der Waals surface area contributed by atoms with Crippen LogP contribution >= 0.6 is 11.6 Å². The predicted molar refractivity (Wildman–Crippen MR) is 86.6 cm³/mol. The van der Waals surface area contributed by atoms with E-state index in [0.717, 1.165) is 6.07 Å². The van der Waals surface area contributed by atoms with Crippen LogP contribution < -0.4 is 10.1 Å². The lowest BCUT2D eigenvalue weighted by molar-refractivity contribution is -0.124. The van der Waals surface area contributed by atoms with E-state index < -0.39 is 24.3 Å². The van der Waals surface area contributed by atoms with Crippen LogP contribution in [-0.4, -0.2) is 31.6 Å².